The van der Waals surface area contributed by atoms with Gasteiger partial charge in [-0.05, 0) is 6.42 Å². The molecule has 0 aromatic heterocycles. The van der Waals surface area contributed by atoms with Crippen LogP contribution < -0.4 is 5.73 Å². The van der Waals surface area contributed by atoms with Gasteiger partial charge in [0.1, 0.15) is 6.17 Å². The summed E-state index contributed by atoms with van der Waals surface area (Å²) in [5, 5.41) is 8.46. The van der Waals surface area contributed by atoms with Crippen molar-refractivity contribution in [1.82, 2.24) is 4.90 Å². The minimum atomic E-state index is -1.21. The molecular formula is C6H11FN2O2. The van der Waals surface area contributed by atoms with Gasteiger partial charge in [0.05, 0.1) is 6.54 Å². The average Bonchev–Trinajstić information content (AvgIpc) is 1.94. The molecule has 0 spiro atoms. The topological polar surface area (TPSA) is 66.6 Å². The summed E-state index contributed by atoms with van der Waals surface area (Å²) in [5.74, 6) is 0. The minimum absolute atomic E-state index is 0.0868. The maximum absolute atomic E-state index is 12.8. The molecule has 1 saturated heterocycles. The van der Waals surface area contributed by atoms with E-state index in [1.165, 1.54) is 0 Å². The van der Waals surface area contributed by atoms with Crippen LogP contribution in [-0.2, 0) is 0 Å². The summed E-state index contributed by atoms with van der Waals surface area (Å²) in [6.45, 7) is 0.257. The second-order valence-electron chi connectivity index (χ2n) is 2.70. The molecule has 0 radical (unpaired) electrons. The van der Waals surface area contributed by atoms with Gasteiger partial charge in [0.15, 0.2) is 0 Å². The number of amides is 1. The Labute approximate surface area is 63.8 Å². The number of piperidine rings is 1. The molecule has 0 unspecified atom stereocenters. The molecule has 0 bridgehead atoms. The molecule has 1 rings (SSSR count). The average molecular weight is 162 g/mol. The second-order valence-corrected chi connectivity index (χ2v) is 2.70. The molecule has 3 N–H and O–H groups in total. The van der Waals surface area contributed by atoms with Gasteiger partial charge in [-0.2, -0.15) is 0 Å². The quantitative estimate of drug-likeness (QED) is 0.528. The Morgan fingerprint density at radius 3 is 2.82 bits per heavy atom. The van der Waals surface area contributed by atoms with Crippen molar-refractivity contribution in [3.05, 3.63) is 0 Å². The first-order chi connectivity index (χ1) is 5.11. The Kier molecular flexibility index (Phi) is 2.28. The zero-order chi connectivity index (χ0) is 8.43. The first-order valence-corrected chi connectivity index (χ1v) is 3.49. The summed E-state index contributed by atoms with van der Waals surface area (Å²) in [7, 11) is 0. The molecule has 0 aliphatic carbocycles. The second kappa shape index (κ2) is 3.04. The van der Waals surface area contributed by atoms with Crippen LogP contribution in [-0.4, -0.2) is 41.4 Å². The van der Waals surface area contributed by atoms with Crippen molar-refractivity contribution in [2.75, 3.05) is 13.1 Å². The lowest BCUT2D eigenvalue weighted by atomic mass is 10.1. The highest BCUT2D eigenvalue weighted by Gasteiger charge is 2.28. The number of nitrogens with zero attached hydrogens (tertiary/aromatic N) is 1. The van der Waals surface area contributed by atoms with Gasteiger partial charge in [0.2, 0.25) is 0 Å². The third-order valence-electron chi connectivity index (χ3n) is 1.86. The van der Waals surface area contributed by atoms with Gasteiger partial charge in [-0.3, -0.25) is 0 Å². The van der Waals surface area contributed by atoms with Crippen molar-refractivity contribution in [2.24, 2.45) is 5.73 Å². The van der Waals surface area contributed by atoms with E-state index < -0.39 is 18.3 Å². The van der Waals surface area contributed by atoms with E-state index in [9.17, 15) is 9.18 Å². The smallest absolute Gasteiger partial charge is 0.407 e. The molecular weight excluding hydrogens is 151 g/mol. The van der Waals surface area contributed by atoms with Gasteiger partial charge < -0.3 is 15.7 Å². The fourth-order valence-corrected chi connectivity index (χ4v) is 1.10. The molecule has 4 nitrogen and oxygen atoms in total. The number of nitrogens with two attached hydrogens (primary N) is 1. The lowest BCUT2D eigenvalue weighted by Crippen LogP contribution is -2.50. The number of halogens is 1. The predicted molar refractivity (Wildman–Crippen MR) is 37.1 cm³/mol. The summed E-state index contributed by atoms with van der Waals surface area (Å²) >= 11 is 0. The number of carbonyl (C=O) groups is 1. The zero-order valence-corrected chi connectivity index (χ0v) is 6.03. The minimum Gasteiger partial charge on any atom is -0.465 e. The third kappa shape index (κ3) is 1.80. The highest BCUT2D eigenvalue weighted by molar-refractivity contribution is 5.65. The summed E-state index contributed by atoms with van der Waals surface area (Å²) in [6.07, 6.45) is -1.87. The van der Waals surface area contributed by atoms with E-state index >= 15 is 0 Å². The molecule has 0 saturated carbocycles. The highest BCUT2D eigenvalue weighted by atomic mass is 19.1. The van der Waals surface area contributed by atoms with E-state index in [2.05, 4.69) is 0 Å². The summed E-state index contributed by atoms with van der Waals surface area (Å²) in [4.78, 5) is 11.4. The third-order valence-corrected chi connectivity index (χ3v) is 1.86. The molecule has 0 aromatic carbocycles. The van der Waals surface area contributed by atoms with Gasteiger partial charge in [-0.15, -0.1) is 0 Å². The van der Waals surface area contributed by atoms with Crippen LogP contribution in [0.25, 0.3) is 0 Å². The van der Waals surface area contributed by atoms with E-state index in [0.29, 0.717) is 13.0 Å². The van der Waals surface area contributed by atoms with Crippen LogP contribution in [0, 0.1) is 0 Å². The Bertz CT molecular complexity index is 165. The Balaban J connectivity index is 2.46. The van der Waals surface area contributed by atoms with Crippen molar-refractivity contribution >= 4 is 6.09 Å². The first-order valence-electron chi connectivity index (χ1n) is 3.49. The van der Waals surface area contributed by atoms with Gasteiger partial charge in [-0.25, -0.2) is 9.18 Å². The monoisotopic (exact) mass is 162 g/mol. The molecule has 1 aliphatic heterocycles. The lowest BCUT2D eigenvalue weighted by molar-refractivity contribution is 0.0976. The fourth-order valence-electron chi connectivity index (χ4n) is 1.10. The SMILES string of the molecule is N[C@H]1CCN(C(=O)O)C[C@H]1F. The van der Waals surface area contributed by atoms with E-state index in [1.54, 1.807) is 0 Å². The van der Waals surface area contributed by atoms with E-state index in [-0.39, 0.29) is 6.54 Å². The van der Waals surface area contributed by atoms with Crippen molar-refractivity contribution in [1.29, 1.82) is 0 Å². The Hall–Kier alpha value is -0.840. The van der Waals surface area contributed by atoms with E-state index in [0.717, 1.165) is 4.90 Å². The number of rotatable bonds is 0. The van der Waals surface area contributed by atoms with Crippen molar-refractivity contribution in [3.63, 3.8) is 0 Å². The van der Waals surface area contributed by atoms with E-state index in [1.807, 2.05) is 0 Å². The molecule has 5 heteroatoms. The maximum atomic E-state index is 12.8. The molecule has 1 amide bonds. The van der Waals surface area contributed by atoms with Crippen LogP contribution in [0.2, 0.25) is 0 Å². The standard InChI is InChI=1S/C6H11FN2O2/c7-4-3-9(6(10)11)2-1-5(4)8/h4-5H,1-3,8H2,(H,10,11)/t4-,5+/m1/s1. The van der Waals surface area contributed by atoms with Crippen LogP contribution in [0.1, 0.15) is 6.42 Å². The van der Waals surface area contributed by atoms with Gasteiger partial charge >= 0.3 is 6.09 Å². The number of alkyl halides is 1. The summed E-state index contributed by atoms with van der Waals surface area (Å²) < 4.78 is 12.8. The Morgan fingerprint density at radius 1 is 1.73 bits per heavy atom. The number of hydrogen-bond acceptors (Lipinski definition) is 2. The van der Waals surface area contributed by atoms with Gasteiger partial charge in [0, 0.05) is 12.6 Å². The molecule has 64 valence electrons. The van der Waals surface area contributed by atoms with Gasteiger partial charge in [-0.1, -0.05) is 0 Å². The normalized spacial score (nSPS) is 32.0. The molecule has 1 heterocycles. The maximum Gasteiger partial charge on any atom is 0.407 e. The number of carboxylic acid groups (broad SMARTS) is 1. The number of likely N-dealkylation sites (tertiary alicyclic amines) is 1. The Morgan fingerprint density at radius 2 is 2.36 bits per heavy atom. The molecule has 1 fully saturated rings. The lowest BCUT2D eigenvalue weighted by Gasteiger charge is -2.30. The van der Waals surface area contributed by atoms with E-state index in [4.69, 9.17) is 10.8 Å². The predicted octanol–water partition coefficient (Wildman–Crippen LogP) is 0.0355. The van der Waals surface area contributed by atoms with Crippen molar-refractivity contribution < 1.29 is 14.3 Å². The fraction of sp³-hybridized carbons (Fsp3) is 0.833. The number of hydrogen-bond donors (Lipinski definition) is 2. The summed E-state index contributed by atoms with van der Waals surface area (Å²) in [6, 6.07) is -0.495. The molecule has 0 aromatic rings. The molecule has 1 aliphatic rings. The van der Waals surface area contributed by atoms with Crippen LogP contribution in [0.15, 0.2) is 0 Å². The molecule has 2 atom stereocenters. The first kappa shape index (κ1) is 8.26. The van der Waals surface area contributed by atoms with Crippen LogP contribution in [0.4, 0.5) is 9.18 Å². The highest BCUT2D eigenvalue weighted by Crippen LogP contribution is 2.11. The largest absolute Gasteiger partial charge is 0.465 e. The van der Waals surface area contributed by atoms with Crippen LogP contribution >= 0.6 is 0 Å². The van der Waals surface area contributed by atoms with Crippen molar-refractivity contribution in [3.8, 4) is 0 Å². The van der Waals surface area contributed by atoms with Gasteiger partial charge in [0.25, 0.3) is 0 Å². The van der Waals surface area contributed by atoms with Crippen LogP contribution in [0.5, 0.6) is 0 Å². The molecule has 11 heavy (non-hydrogen) atoms. The summed E-state index contributed by atoms with van der Waals surface area (Å²) in [5.41, 5.74) is 5.35. The zero-order valence-electron chi connectivity index (χ0n) is 6.03. The van der Waals surface area contributed by atoms with Crippen molar-refractivity contribution in [2.45, 2.75) is 18.6 Å². The van der Waals surface area contributed by atoms with Crippen LogP contribution in [0.3, 0.4) is 0 Å².